The topological polar surface area (TPSA) is 66.9 Å². The summed E-state index contributed by atoms with van der Waals surface area (Å²) >= 11 is 0. The molecule has 2 heterocycles. The summed E-state index contributed by atoms with van der Waals surface area (Å²) in [5.74, 6) is -0.0747. The van der Waals surface area contributed by atoms with E-state index in [1.165, 1.54) is 10.4 Å². The van der Waals surface area contributed by atoms with Gasteiger partial charge in [-0.2, -0.15) is 4.31 Å². The van der Waals surface area contributed by atoms with Gasteiger partial charge in [0.2, 0.25) is 10.0 Å². The van der Waals surface area contributed by atoms with Gasteiger partial charge < -0.3 is 9.64 Å². The Labute approximate surface area is 149 Å². The van der Waals surface area contributed by atoms with Crippen molar-refractivity contribution in [2.24, 2.45) is 0 Å². The minimum absolute atomic E-state index is 0.0747. The molecule has 0 radical (unpaired) electrons. The van der Waals surface area contributed by atoms with Gasteiger partial charge in [0.15, 0.2) is 0 Å². The first-order valence-electron chi connectivity index (χ1n) is 8.99. The van der Waals surface area contributed by atoms with Gasteiger partial charge >= 0.3 is 0 Å². The lowest BCUT2D eigenvalue weighted by molar-refractivity contribution is 0.0102. The Kier molecular flexibility index (Phi) is 5.76. The molecule has 1 aromatic carbocycles. The zero-order valence-electron chi connectivity index (χ0n) is 14.7. The summed E-state index contributed by atoms with van der Waals surface area (Å²) in [6.45, 7) is 4.44. The van der Waals surface area contributed by atoms with E-state index < -0.39 is 10.0 Å². The zero-order valence-corrected chi connectivity index (χ0v) is 15.5. The molecular weight excluding hydrogens is 340 g/mol. The van der Waals surface area contributed by atoms with E-state index in [1.807, 2.05) is 11.8 Å². The van der Waals surface area contributed by atoms with Crippen LogP contribution >= 0.6 is 0 Å². The van der Waals surface area contributed by atoms with Crippen LogP contribution in [0.25, 0.3) is 0 Å². The number of carbonyl (C=O) groups excluding carboxylic acids is 1. The fraction of sp³-hybridized carbons (Fsp3) is 0.611. The Morgan fingerprint density at radius 2 is 1.84 bits per heavy atom. The van der Waals surface area contributed by atoms with E-state index in [9.17, 15) is 13.2 Å². The third-order valence-corrected chi connectivity index (χ3v) is 6.68. The molecule has 2 fully saturated rings. The highest BCUT2D eigenvalue weighted by molar-refractivity contribution is 7.89. The first-order chi connectivity index (χ1) is 12.0. The summed E-state index contributed by atoms with van der Waals surface area (Å²) < 4.78 is 32.6. The molecular formula is C18H26N2O4S. The average molecular weight is 366 g/mol. The van der Waals surface area contributed by atoms with Gasteiger partial charge in [-0.15, -0.1) is 0 Å². The Balaban J connectivity index is 1.81. The lowest BCUT2D eigenvalue weighted by Crippen LogP contribution is -2.44. The van der Waals surface area contributed by atoms with Crippen molar-refractivity contribution in [2.75, 3.05) is 32.8 Å². The normalized spacial score (nSPS) is 23.2. The molecule has 1 amide bonds. The molecule has 0 aliphatic carbocycles. The molecule has 7 heteroatoms. The van der Waals surface area contributed by atoms with Gasteiger partial charge in [0.1, 0.15) is 0 Å². The number of rotatable bonds is 3. The SMILES string of the molecule is CC1CN(S(=O)(=O)c2cccc(C(=O)N3CCCCCC3)c2)CCO1. The molecule has 0 aromatic heterocycles. The predicted octanol–water partition coefficient (Wildman–Crippen LogP) is 2.11. The summed E-state index contributed by atoms with van der Waals surface area (Å²) in [7, 11) is -3.61. The van der Waals surface area contributed by atoms with Gasteiger partial charge in [-0.05, 0) is 38.0 Å². The number of nitrogens with zero attached hydrogens (tertiary/aromatic N) is 2. The quantitative estimate of drug-likeness (QED) is 0.822. The molecule has 2 aliphatic rings. The molecule has 0 spiro atoms. The maximum atomic E-state index is 12.9. The van der Waals surface area contributed by atoms with Crippen LogP contribution in [0.15, 0.2) is 29.2 Å². The third-order valence-electron chi connectivity index (χ3n) is 4.82. The highest BCUT2D eigenvalue weighted by atomic mass is 32.2. The molecule has 3 rings (SSSR count). The minimum Gasteiger partial charge on any atom is -0.376 e. The molecule has 25 heavy (non-hydrogen) atoms. The standard InChI is InChI=1S/C18H26N2O4S/c1-15-14-20(11-12-24-15)25(22,23)17-8-6-7-16(13-17)18(21)19-9-4-2-3-5-10-19/h6-8,13,15H,2-5,9-12,14H2,1H3. The molecule has 0 bridgehead atoms. The van der Waals surface area contributed by atoms with Crippen LogP contribution in [0.5, 0.6) is 0 Å². The van der Waals surface area contributed by atoms with E-state index in [-0.39, 0.29) is 16.9 Å². The van der Waals surface area contributed by atoms with Crippen LogP contribution in [0.1, 0.15) is 43.0 Å². The van der Waals surface area contributed by atoms with Gasteiger partial charge in [0, 0.05) is 31.7 Å². The van der Waals surface area contributed by atoms with Crippen LogP contribution in [0.4, 0.5) is 0 Å². The van der Waals surface area contributed by atoms with E-state index in [4.69, 9.17) is 4.74 Å². The number of likely N-dealkylation sites (tertiary alicyclic amines) is 1. The molecule has 2 aliphatic heterocycles. The Morgan fingerprint density at radius 3 is 2.52 bits per heavy atom. The second kappa shape index (κ2) is 7.85. The first-order valence-corrected chi connectivity index (χ1v) is 10.4. The maximum absolute atomic E-state index is 12.9. The first kappa shape index (κ1) is 18.4. The van der Waals surface area contributed by atoms with Crippen LogP contribution in [-0.2, 0) is 14.8 Å². The van der Waals surface area contributed by atoms with Crippen LogP contribution in [-0.4, -0.2) is 62.4 Å². The Morgan fingerprint density at radius 1 is 1.12 bits per heavy atom. The van der Waals surface area contributed by atoms with Crippen molar-refractivity contribution in [1.82, 2.24) is 9.21 Å². The summed E-state index contributed by atoms with van der Waals surface area (Å²) in [4.78, 5) is 14.8. The van der Waals surface area contributed by atoms with Crippen LogP contribution in [0.2, 0.25) is 0 Å². The highest BCUT2D eigenvalue weighted by Crippen LogP contribution is 2.21. The van der Waals surface area contributed by atoms with Crippen LogP contribution in [0, 0.1) is 0 Å². The molecule has 0 N–H and O–H groups in total. The maximum Gasteiger partial charge on any atom is 0.253 e. The fourth-order valence-electron chi connectivity index (χ4n) is 3.40. The van der Waals surface area contributed by atoms with Crippen LogP contribution in [0.3, 0.4) is 0 Å². The van der Waals surface area contributed by atoms with Crippen molar-refractivity contribution in [1.29, 1.82) is 0 Å². The van der Waals surface area contributed by atoms with E-state index in [1.54, 1.807) is 18.2 Å². The number of morpholine rings is 1. The molecule has 6 nitrogen and oxygen atoms in total. The molecule has 1 aromatic rings. The van der Waals surface area contributed by atoms with Crippen molar-refractivity contribution >= 4 is 15.9 Å². The lowest BCUT2D eigenvalue weighted by Gasteiger charge is -2.30. The fourth-order valence-corrected chi connectivity index (χ4v) is 4.95. The van der Waals surface area contributed by atoms with Gasteiger partial charge in [0.25, 0.3) is 5.91 Å². The average Bonchev–Trinajstić information content (AvgIpc) is 2.90. The van der Waals surface area contributed by atoms with E-state index in [2.05, 4.69) is 0 Å². The number of ether oxygens (including phenoxy) is 1. The van der Waals surface area contributed by atoms with Gasteiger partial charge in [-0.3, -0.25) is 4.79 Å². The largest absolute Gasteiger partial charge is 0.376 e. The van der Waals surface area contributed by atoms with Crippen molar-refractivity contribution in [2.45, 2.75) is 43.6 Å². The highest BCUT2D eigenvalue weighted by Gasteiger charge is 2.30. The summed E-state index contributed by atoms with van der Waals surface area (Å²) in [5, 5.41) is 0. The second-order valence-corrected chi connectivity index (χ2v) is 8.72. The third kappa shape index (κ3) is 4.22. The van der Waals surface area contributed by atoms with Gasteiger partial charge in [0.05, 0.1) is 17.6 Å². The van der Waals surface area contributed by atoms with Crippen molar-refractivity contribution < 1.29 is 17.9 Å². The summed E-state index contributed by atoms with van der Waals surface area (Å²) in [6, 6.07) is 6.44. The van der Waals surface area contributed by atoms with Gasteiger partial charge in [-0.25, -0.2) is 8.42 Å². The van der Waals surface area contributed by atoms with E-state index in [0.717, 1.165) is 38.8 Å². The second-order valence-electron chi connectivity index (χ2n) is 6.78. The number of carbonyl (C=O) groups is 1. The van der Waals surface area contributed by atoms with E-state index >= 15 is 0 Å². The van der Waals surface area contributed by atoms with Crippen molar-refractivity contribution in [3.05, 3.63) is 29.8 Å². The number of benzene rings is 1. The minimum atomic E-state index is -3.61. The zero-order chi connectivity index (χ0) is 17.9. The van der Waals surface area contributed by atoms with E-state index in [0.29, 0.717) is 25.3 Å². The monoisotopic (exact) mass is 366 g/mol. The number of amides is 1. The predicted molar refractivity (Wildman–Crippen MR) is 95.0 cm³/mol. The molecule has 0 saturated carbocycles. The number of hydrogen-bond acceptors (Lipinski definition) is 4. The molecule has 1 atom stereocenters. The lowest BCUT2D eigenvalue weighted by atomic mass is 10.2. The summed E-state index contributed by atoms with van der Waals surface area (Å²) in [5.41, 5.74) is 0.448. The Bertz CT molecular complexity index is 712. The van der Waals surface area contributed by atoms with Gasteiger partial charge in [-0.1, -0.05) is 18.9 Å². The number of hydrogen-bond donors (Lipinski definition) is 0. The molecule has 2 saturated heterocycles. The smallest absolute Gasteiger partial charge is 0.253 e. The molecule has 138 valence electrons. The summed E-state index contributed by atoms with van der Waals surface area (Å²) in [6.07, 6.45) is 4.19. The van der Waals surface area contributed by atoms with Crippen LogP contribution < -0.4 is 0 Å². The van der Waals surface area contributed by atoms with Crippen molar-refractivity contribution in [3.8, 4) is 0 Å². The van der Waals surface area contributed by atoms with Crippen molar-refractivity contribution in [3.63, 3.8) is 0 Å². The Hall–Kier alpha value is -1.44. The number of sulfonamides is 1. The molecule has 1 unspecified atom stereocenters.